The van der Waals surface area contributed by atoms with Crippen molar-refractivity contribution in [2.75, 3.05) is 11.9 Å². The van der Waals surface area contributed by atoms with Crippen molar-refractivity contribution >= 4 is 44.4 Å². The maximum Gasteiger partial charge on any atom is 0.250 e. The van der Waals surface area contributed by atoms with Crippen molar-refractivity contribution in [2.45, 2.75) is 19.4 Å². The number of carbonyl (C=O) groups is 1. The van der Waals surface area contributed by atoms with E-state index in [1.807, 2.05) is 42.5 Å². The number of benzene rings is 4. The average molecular weight is 508 g/mol. The molecule has 0 radical (unpaired) electrons. The fourth-order valence-corrected chi connectivity index (χ4v) is 5.05. The van der Waals surface area contributed by atoms with Crippen LogP contribution in [0.1, 0.15) is 23.7 Å². The molecule has 2 aromatic heterocycles. The van der Waals surface area contributed by atoms with Crippen molar-refractivity contribution in [3.63, 3.8) is 0 Å². The average Bonchev–Trinajstić information content (AvgIpc) is 3.47. The van der Waals surface area contributed by atoms with Crippen LogP contribution in [0.3, 0.4) is 0 Å². The zero-order valence-electron chi connectivity index (χ0n) is 20.7. The molecular weight excluding hydrogens is 481 g/mol. The number of H-pyrrole nitrogens is 1. The minimum atomic E-state index is -0.526. The van der Waals surface area contributed by atoms with Crippen LogP contribution in [0.15, 0.2) is 78.9 Å². The molecule has 0 spiro atoms. The van der Waals surface area contributed by atoms with E-state index in [-0.39, 0.29) is 5.82 Å². The summed E-state index contributed by atoms with van der Waals surface area (Å²) in [4.78, 5) is 20.2. The molecule has 0 aliphatic rings. The van der Waals surface area contributed by atoms with Gasteiger partial charge in [0.05, 0.1) is 33.7 Å². The number of para-hydroxylation sites is 1. The second-order valence-electron chi connectivity index (χ2n) is 9.46. The lowest BCUT2D eigenvalue weighted by Gasteiger charge is -2.15. The van der Waals surface area contributed by atoms with Gasteiger partial charge in [-0.3, -0.25) is 4.79 Å². The number of amides is 1. The first kappa shape index (κ1) is 23.7. The summed E-state index contributed by atoms with van der Waals surface area (Å²) in [6, 6.07) is 24.2. The van der Waals surface area contributed by atoms with Gasteiger partial charge in [-0.2, -0.15) is 0 Å². The first-order chi connectivity index (χ1) is 18.4. The first-order valence-electron chi connectivity index (χ1n) is 12.4. The lowest BCUT2D eigenvalue weighted by atomic mass is 10.1. The fraction of sp³-hybridized carbons (Fsp3) is 0.133. The third-order valence-corrected chi connectivity index (χ3v) is 6.80. The number of primary amides is 1. The largest absolute Gasteiger partial charge is 0.393 e. The molecule has 6 rings (SSSR count). The molecule has 1 atom stereocenters. The number of aliphatic hydroxyl groups excluding tert-OH is 1. The third-order valence-electron chi connectivity index (χ3n) is 6.80. The first-order valence-corrected chi connectivity index (χ1v) is 12.4. The van der Waals surface area contributed by atoms with Gasteiger partial charge in [-0.05, 0) is 61.9 Å². The topological polar surface area (TPSA) is 109 Å². The van der Waals surface area contributed by atoms with E-state index in [0.717, 1.165) is 33.1 Å². The Bertz CT molecular complexity index is 1840. The normalized spacial score (nSPS) is 12.4. The van der Waals surface area contributed by atoms with E-state index in [1.165, 1.54) is 12.1 Å². The Hall–Kier alpha value is -4.69. The number of imidazole rings is 1. The third kappa shape index (κ3) is 4.05. The Balaban J connectivity index is 1.57. The minimum absolute atomic E-state index is 0.320. The van der Waals surface area contributed by atoms with Gasteiger partial charge >= 0.3 is 0 Å². The van der Waals surface area contributed by atoms with Gasteiger partial charge in [0.2, 0.25) is 0 Å². The smallest absolute Gasteiger partial charge is 0.250 e. The van der Waals surface area contributed by atoms with Crippen molar-refractivity contribution in [1.29, 1.82) is 0 Å². The molecule has 6 aromatic rings. The van der Waals surface area contributed by atoms with Gasteiger partial charge < -0.3 is 25.7 Å². The van der Waals surface area contributed by atoms with Crippen LogP contribution in [0.2, 0.25) is 0 Å². The number of aromatic amines is 1. The summed E-state index contributed by atoms with van der Waals surface area (Å²) >= 11 is 0. The highest BCUT2D eigenvalue weighted by Gasteiger charge is 2.19. The molecule has 190 valence electrons. The van der Waals surface area contributed by atoms with Crippen LogP contribution >= 0.6 is 0 Å². The Morgan fingerprint density at radius 3 is 2.71 bits per heavy atom. The van der Waals surface area contributed by atoms with E-state index in [4.69, 9.17) is 10.7 Å². The van der Waals surface area contributed by atoms with E-state index >= 15 is 0 Å². The summed E-state index contributed by atoms with van der Waals surface area (Å²) < 4.78 is 16.0. The fourth-order valence-electron chi connectivity index (χ4n) is 5.05. The van der Waals surface area contributed by atoms with Crippen molar-refractivity contribution in [3.8, 4) is 17.1 Å². The molecule has 0 bridgehead atoms. The van der Waals surface area contributed by atoms with Crippen LogP contribution in [0, 0.1) is 5.82 Å². The maximum atomic E-state index is 13.8. The van der Waals surface area contributed by atoms with Crippen molar-refractivity contribution in [2.24, 2.45) is 5.73 Å². The predicted octanol–water partition coefficient (Wildman–Crippen LogP) is 5.75. The number of anilines is 1. The molecule has 0 aliphatic carbocycles. The van der Waals surface area contributed by atoms with E-state index in [2.05, 4.69) is 27.0 Å². The molecule has 7 nitrogen and oxygen atoms in total. The molecule has 1 amide bonds. The quantitative estimate of drug-likeness (QED) is 0.221. The summed E-state index contributed by atoms with van der Waals surface area (Å²) in [6.45, 7) is 2.21. The van der Waals surface area contributed by atoms with Crippen LogP contribution in [0.4, 0.5) is 10.1 Å². The number of nitrogens with zero attached hydrogens (tertiary/aromatic N) is 2. The van der Waals surface area contributed by atoms with Gasteiger partial charge in [0.25, 0.3) is 5.91 Å². The van der Waals surface area contributed by atoms with Crippen LogP contribution < -0.4 is 11.1 Å². The highest BCUT2D eigenvalue weighted by Crippen LogP contribution is 2.38. The number of aliphatic hydroxyl groups is 1. The van der Waals surface area contributed by atoms with Gasteiger partial charge in [0, 0.05) is 34.3 Å². The minimum Gasteiger partial charge on any atom is -0.393 e. The number of hydrogen-bond donors (Lipinski definition) is 4. The summed E-state index contributed by atoms with van der Waals surface area (Å²) in [6.07, 6.45) is 0.0657. The van der Waals surface area contributed by atoms with Gasteiger partial charge in [-0.1, -0.05) is 30.3 Å². The standard InChI is InChI=1S/C30H26FN5O2/c1-17(37)13-14-33-24-16-19(10-11-20(24)29(32)38)36-26-7-3-2-5-21(26)28-22(6-4-8-27(28)36)30-34-23-12-9-18(31)15-25(23)35-30/h2-12,15-17,33,37H,13-14H2,1H3,(H2,32,38)(H,34,35)/t17-/m0/s1. The Kier molecular flexibility index (Phi) is 5.81. The summed E-state index contributed by atoms with van der Waals surface area (Å²) in [7, 11) is 0. The summed E-state index contributed by atoms with van der Waals surface area (Å²) in [5.74, 6) is -0.189. The number of aromatic nitrogens is 3. The summed E-state index contributed by atoms with van der Waals surface area (Å²) in [5, 5.41) is 15.0. The van der Waals surface area contributed by atoms with Crippen molar-refractivity contribution in [1.82, 2.24) is 14.5 Å². The molecule has 2 heterocycles. The maximum absolute atomic E-state index is 13.8. The molecule has 5 N–H and O–H groups in total. The summed E-state index contributed by atoms with van der Waals surface area (Å²) in [5.41, 5.74) is 11.7. The Morgan fingerprint density at radius 2 is 1.89 bits per heavy atom. The lowest BCUT2D eigenvalue weighted by molar-refractivity contribution is 0.100. The van der Waals surface area contributed by atoms with Crippen molar-refractivity contribution < 1.29 is 14.3 Å². The van der Waals surface area contributed by atoms with Gasteiger partial charge in [0.15, 0.2) is 0 Å². The second kappa shape index (κ2) is 9.32. The monoisotopic (exact) mass is 507 g/mol. The lowest BCUT2D eigenvalue weighted by Crippen LogP contribution is -2.17. The van der Waals surface area contributed by atoms with Crippen LogP contribution in [0.5, 0.6) is 0 Å². The molecule has 4 aromatic carbocycles. The molecule has 38 heavy (non-hydrogen) atoms. The number of fused-ring (bicyclic) bond motifs is 4. The molecule has 0 unspecified atom stereocenters. The van der Waals surface area contributed by atoms with Gasteiger partial charge in [0.1, 0.15) is 11.6 Å². The molecule has 0 saturated carbocycles. The van der Waals surface area contributed by atoms with E-state index in [9.17, 15) is 14.3 Å². The number of nitrogens with one attached hydrogen (secondary N) is 2. The molecule has 0 fully saturated rings. The van der Waals surface area contributed by atoms with Crippen LogP contribution in [0.25, 0.3) is 49.9 Å². The van der Waals surface area contributed by atoms with E-state index in [1.54, 1.807) is 19.1 Å². The zero-order valence-corrected chi connectivity index (χ0v) is 20.7. The van der Waals surface area contributed by atoms with E-state index in [0.29, 0.717) is 41.1 Å². The number of halogens is 1. The van der Waals surface area contributed by atoms with Crippen molar-refractivity contribution in [3.05, 3.63) is 90.2 Å². The number of carbonyl (C=O) groups excluding carboxylic acids is 1. The van der Waals surface area contributed by atoms with Gasteiger partial charge in [-0.25, -0.2) is 9.37 Å². The molecular formula is C30H26FN5O2. The van der Waals surface area contributed by atoms with Crippen LogP contribution in [-0.2, 0) is 0 Å². The molecule has 0 aliphatic heterocycles. The number of rotatable bonds is 7. The van der Waals surface area contributed by atoms with E-state index < -0.39 is 12.0 Å². The zero-order chi connectivity index (χ0) is 26.4. The Morgan fingerprint density at radius 1 is 1.08 bits per heavy atom. The van der Waals surface area contributed by atoms with Gasteiger partial charge in [-0.15, -0.1) is 0 Å². The number of nitrogens with two attached hydrogens (primary N) is 1. The number of hydrogen-bond acceptors (Lipinski definition) is 4. The Labute approximate surface area is 217 Å². The SMILES string of the molecule is C[C@H](O)CCNc1cc(-n2c3ccccc3c3c(-c4nc5ccc(F)cc5[nH]4)cccc32)ccc1C(N)=O. The highest BCUT2D eigenvalue weighted by molar-refractivity contribution is 6.15. The predicted molar refractivity (Wildman–Crippen MR) is 149 cm³/mol. The molecule has 0 saturated heterocycles. The molecule has 8 heteroatoms. The van der Waals surface area contributed by atoms with Crippen LogP contribution in [-0.4, -0.2) is 38.2 Å². The second-order valence-corrected chi connectivity index (χ2v) is 9.46. The highest BCUT2D eigenvalue weighted by atomic mass is 19.1.